The van der Waals surface area contributed by atoms with Crippen LogP contribution in [0.3, 0.4) is 0 Å². The van der Waals surface area contributed by atoms with Crippen LogP contribution in [0.5, 0.6) is 0 Å². The molecule has 4 unspecified atom stereocenters. The van der Waals surface area contributed by atoms with Crippen LogP contribution in [0.25, 0.3) is 0 Å². The molecule has 0 radical (unpaired) electrons. The third-order valence-electron chi connectivity index (χ3n) is 8.72. The summed E-state index contributed by atoms with van der Waals surface area (Å²) in [5.41, 5.74) is 7.05. The quantitative estimate of drug-likeness (QED) is 0.197. The maximum atomic E-state index is 13.5. The second-order valence-electron chi connectivity index (χ2n) is 12.3. The minimum atomic E-state index is -3.67. The van der Waals surface area contributed by atoms with Gasteiger partial charge >= 0.3 is 0 Å². The summed E-state index contributed by atoms with van der Waals surface area (Å²) in [6, 6.07) is 23.9. The van der Waals surface area contributed by atoms with Crippen molar-refractivity contribution < 1.29 is 21.6 Å². The number of aryl methyl sites for hydroxylation is 2. The molecule has 0 bridgehead atoms. The molecule has 11 heteroatoms. The van der Waals surface area contributed by atoms with Crippen molar-refractivity contribution in [3.8, 4) is 0 Å². The fourth-order valence-corrected chi connectivity index (χ4v) is 9.28. The minimum Gasteiger partial charge on any atom is -0.296 e. The zero-order chi connectivity index (χ0) is 32.8. The largest absolute Gasteiger partial charge is 0.296 e. The molecule has 4 aromatic carbocycles. The van der Waals surface area contributed by atoms with Crippen LogP contribution in [0, 0.1) is 13.8 Å². The van der Waals surface area contributed by atoms with Crippen LogP contribution in [0.1, 0.15) is 55.3 Å². The molecule has 240 valence electrons. The van der Waals surface area contributed by atoms with E-state index in [1.165, 1.54) is 0 Å². The second-order valence-corrected chi connectivity index (χ2v) is 16.6. The molecular formula is C35H34Cl2N2O5S2. The summed E-state index contributed by atoms with van der Waals surface area (Å²) in [5, 5.41) is -2.00. The average Bonchev–Trinajstić information content (AvgIpc) is 3.61. The van der Waals surface area contributed by atoms with E-state index in [0.717, 1.165) is 33.4 Å². The summed E-state index contributed by atoms with van der Waals surface area (Å²) >= 11 is 13.4. The molecular weight excluding hydrogens is 663 g/mol. The summed E-state index contributed by atoms with van der Waals surface area (Å²) in [7, 11) is -7.35. The van der Waals surface area contributed by atoms with Gasteiger partial charge in [0.1, 0.15) is 10.8 Å². The van der Waals surface area contributed by atoms with Crippen molar-refractivity contribution in [2.24, 2.45) is 0 Å². The first-order chi connectivity index (χ1) is 21.8. The number of nitrogens with one attached hydrogen (secondary N) is 2. The van der Waals surface area contributed by atoms with Crippen molar-refractivity contribution in [1.82, 2.24) is 9.44 Å². The molecule has 0 aliphatic heterocycles. The van der Waals surface area contributed by atoms with Crippen LogP contribution in [0.15, 0.2) is 94.7 Å². The number of alkyl halides is 2. The Labute approximate surface area is 280 Å². The monoisotopic (exact) mass is 696 g/mol. The molecule has 0 spiro atoms. The summed E-state index contributed by atoms with van der Waals surface area (Å²) in [6.45, 7) is 3.80. The van der Waals surface area contributed by atoms with E-state index < -0.39 is 30.8 Å². The number of carbonyl (C=O) groups is 1. The number of carbonyl (C=O) groups excluding carboxylic acids is 1. The molecule has 2 N–H and O–H groups in total. The van der Waals surface area contributed by atoms with Gasteiger partial charge in [-0.2, -0.15) is 0 Å². The van der Waals surface area contributed by atoms with Gasteiger partial charge in [0.2, 0.25) is 20.0 Å². The topological polar surface area (TPSA) is 109 Å². The number of fused-ring (bicyclic) bond motifs is 2. The molecule has 6 rings (SSSR count). The lowest BCUT2D eigenvalue weighted by Gasteiger charge is -2.16. The Balaban J connectivity index is 1.09. The number of sulfonamides is 2. The highest BCUT2D eigenvalue weighted by atomic mass is 35.5. The lowest BCUT2D eigenvalue weighted by atomic mass is 9.97. The lowest BCUT2D eigenvalue weighted by Crippen LogP contribution is -2.35. The van der Waals surface area contributed by atoms with E-state index in [9.17, 15) is 21.6 Å². The number of hydrogen-bond acceptors (Lipinski definition) is 5. The van der Waals surface area contributed by atoms with Gasteiger partial charge in [0.05, 0.1) is 9.79 Å². The molecule has 4 atom stereocenters. The van der Waals surface area contributed by atoms with E-state index in [1.807, 2.05) is 38.1 Å². The highest BCUT2D eigenvalue weighted by Gasteiger charge is 2.32. The zero-order valence-corrected chi connectivity index (χ0v) is 28.5. The smallest absolute Gasteiger partial charge is 0.240 e. The molecule has 7 nitrogen and oxygen atoms in total. The van der Waals surface area contributed by atoms with Crippen molar-refractivity contribution in [2.45, 2.75) is 72.2 Å². The first-order valence-corrected chi connectivity index (χ1v) is 18.9. The summed E-state index contributed by atoms with van der Waals surface area (Å²) in [6.07, 6.45) is 2.04. The molecule has 0 amide bonds. The summed E-state index contributed by atoms with van der Waals surface area (Å²) in [4.78, 5) is 13.9. The molecule has 0 saturated heterocycles. The van der Waals surface area contributed by atoms with Gasteiger partial charge in [-0.25, -0.2) is 26.3 Å². The number of benzene rings is 4. The number of halogens is 2. The van der Waals surface area contributed by atoms with E-state index in [0.29, 0.717) is 36.8 Å². The number of hydrogen-bond donors (Lipinski definition) is 2. The van der Waals surface area contributed by atoms with Crippen LogP contribution in [-0.2, 0) is 50.5 Å². The Hall–Kier alpha value is -3.05. The molecule has 0 saturated carbocycles. The molecule has 4 aromatic rings. The van der Waals surface area contributed by atoms with Crippen molar-refractivity contribution in [1.29, 1.82) is 0 Å². The molecule has 0 fully saturated rings. The van der Waals surface area contributed by atoms with Crippen molar-refractivity contribution in [3.05, 3.63) is 129 Å². The Kier molecular flexibility index (Phi) is 9.19. The predicted octanol–water partition coefficient (Wildman–Crippen LogP) is 6.02. The van der Waals surface area contributed by atoms with E-state index in [2.05, 4.69) is 9.44 Å². The van der Waals surface area contributed by atoms with E-state index in [-0.39, 0.29) is 27.7 Å². The third-order valence-corrected chi connectivity index (χ3v) is 12.7. The van der Waals surface area contributed by atoms with Gasteiger partial charge in [-0.1, -0.05) is 71.8 Å². The van der Waals surface area contributed by atoms with Gasteiger partial charge < -0.3 is 0 Å². The Morgan fingerprint density at radius 1 is 0.587 bits per heavy atom. The highest BCUT2D eigenvalue weighted by molar-refractivity contribution is 7.89. The van der Waals surface area contributed by atoms with Crippen molar-refractivity contribution in [3.63, 3.8) is 0 Å². The molecule has 2 aliphatic carbocycles. The van der Waals surface area contributed by atoms with Crippen LogP contribution in [0.2, 0.25) is 0 Å². The van der Waals surface area contributed by atoms with Crippen molar-refractivity contribution >= 4 is 49.0 Å². The molecule has 0 aromatic heterocycles. The SMILES string of the molecule is Cc1ccc(S(=O)(=O)NC2Cc3ccc(C(Cl)C(=O)C(Cl)c4ccc5c(c4)CC(NS(=O)(=O)c4ccc(C)cc4)C5)cc3C2)cc1. The maximum absolute atomic E-state index is 13.5. The van der Waals surface area contributed by atoms with Crippen molar-refractivity contribution in [2.75, 3.05) is 0 Å². The predicted molar refractivity (Wildman–Crippen MR) is 180 cm³/mol. The molecule has 2 aliphatic rings. The van der Waals surface area contributed by atoms with E-state index in [1.54, 1.807) is 60.7 Å². The van der Waals surface area contributed by atoms with Gasteiger partial charge in [-0.3, -0.25) is 4.79 Å². The summed E-state index contributed by atoms with van der Waals surface area (Å²) < 4.78 is 57.3. The summed E-state index contributed by atoms with van der Waals surface area (Å²) in [5.74, 6) is -0.368. The Morgan fingerprint density at radius 2 is 0.935 bits per heavy atom. The lowest BCUT2D eigenvalue weighted by molar-refractivity contribution is -0.118. The van der Waals surface area contributed by atoms with Gasteiger partial charge in [0.15, 0.2) is 5.78 Å². The zero-order valence-electron chi connectivity index (χ0n) is 25.3. The Bertz CT molecular complexity index is 1870. The highest BCUT2D eigenvalue weighted by Crippen LogP contribution is 2.36. The van der Waals surface area contributed by atoms with Gasteiger partial charge in [-0.15, -0.1) is 23.2 Å². The van der Waals surface area contributed by atoms with Gasteiger partial charge in [0.25, 0.3) is 0 Å². The minimum absolute atomic E-state index is 0.222. The average molecular weight is 698 g/mol. The number of rotatable bonds is 10. The fourth-order valence-electron chi connectivity index (χ4n) is 6.22. The van der Waals surface area contributed by atoms with Crippen LogP contribution >= 0.6 is 23.2 Å². The first kappa shape index (κ1) is 32.9. The number of ketones is 1. The third kappa shape index (κ3) is 6.95. The molecule has 0 heterocycles. The van der Waals surface area contributed by atoms with Crippen LogP contribution in [-0.4, -0.2) is 34.7 Å². The van der Waals surface area contributed by atoms with Gasteiger partial charge in [0, 0.05) is 12.1 Å². The van der Waals surface area contributed by atoms with E-state index >= 15 is 0 Å². The van der Waals surface area contributed by atoms with Gasteiger partial charge in [-0.05, 0) is 97.2 Å². The normalized spacial score (nSPS) is 19.0. The fraction of sp³-hybridized carbons (Fsp3) is 0.286. The van der Waals surface area contributed by atoms with E-state index in [4.69, 9.17) is 23.2 Å². The maximum Gasteiger partial charge on any atom is 0.240 e. The standard InChI is InChI=1S/C35H34Cl2N2O5S2/c1-21-3-11-31(12-4-21)45(41,42)38-29-17-23-7-9-25(15-27(23)19-29)33(36)35(40)34(37)26-10-8-24-18-30(20-28(24)16-26)39-46(43,44)32-13-5-22(2)6-14-32/h3-16,29-30,33-34,38-39H,17-20H2,1-2H3. The number of Topliss-reactive ketones (excluding diaryl/α,β-unsaturated/α-hetero) is 1. The second kappa shape index (κ2) is 12.9. The van der Waals surface area contributed by atoms with Crippen LogP contribution < -0.4 is 9.44 Å². The Morgan fingerprint density at radius 3 is 1.30 bits per heavy atom. The molecule has 46 heavy (non-hydrogen) atoms. The van der Waals surface area contributed by atoms with Crippen LogP contribution in [0.4, 0.5) is 0 Å². The first-order valence-electron chi connectivity index (χ1n) is 15.0.